The molecule has 0 fully saturated rings. The summed E-state index contributed by atoms with van der Waals surface area (Å²) in [6, 6.07) is 0. The van der Waals surface area contributed by atoms with Crippen molar-refractivity contribution in [2.75, 3.05) is 5.73 Å². The SMILES string of the molecule is CC(C)(C)N=O.Nc1nc(O)c(C=O)s1. The molecule has 7 heteroatoms. The van der Waals surface area contributed by atoms with Crippen LogP contribution in [0.25, 0.3) is 0 Å². The molecule has 0 spiro atoms. The number of aldehydes is 1. The van der Waals surface area contributed by atoms with E-state index in [1.54, 1.807) is 20.8 Å². The Bertz CT molecular complexity index is 343. The number of carbonyl (C=O) groups excluding carboxylic acids is 1. The maximum Gasteiger partial charge on any atom is 0.234 e. The molecule has 0 aliphatic heterocycles. The first kappa shape index (κ1) is 13.5. The van der Waals surface area contributed by atoms with E-state index in [2.05, 4.69) is 10.2 Å². The minimum absolute atomic E-state index is 0.174. The fourth-order valence-corrected chi connectivity index (χ4v) is 0.960. The second kappa shape index (κ2) is 5.40. The first-order valence-electron chi connectivity index (χ1n) is 4.05. The molecule has 84 valence electrons. The normalized spacial score (nSPS) is 10.1. The number of thiazole rings is 1. The summed E-state index contributed by atoms with van der Waals surface area (Å²) < 4.78 is 0. The van der Waals surface area contributed by atoms with E-state index in [9.17, 15) is 9.70 Å². The molecule has 6 nitrogen and oxygen atoms in total. The lowest BCUT2D eigenvalue weighted by Crippen LogP contribution is -2.06. The molecule has 3 N–H and O–H groups in total. The molecule has 1 aromatic rings. The number of nitrogens with two attached hydrogens (primary N) is 1. The molecule has 15 heavy (non-hydrogen) atoms. The molecule has 0 unspecified atom stereocenters. The number of anilines is 1. The van der Waals surface area contributed by atoms with Crippen LogP contribution in [-0.4, -0.2) is 21.9 Å². The van der Waals surface area contributed by atoms with Crippen molar-refractivity contribution in [3.63, 3.8) is 0 Å². The molecular weight excluding hydrogens is 218 g/mol. The van der Waals surface area contributed by atoms with Crippen LogP contribution in [0.2, 0.25) is 0 Å². The first-order chi connectivity index (χ1) is 6.80. The van der Waals surface area contributed by atoms with Crippen molar-refractivity contribution in [1.29, 1.82) is 0 Å². The topological polar surface area (TPSA) is 106 Å². The molecular formula is C8H13N3O3S. The van der Waals surface area contributed by atoms with Gasteiger partial charge in [-0.15, -0.1) is 0 Å². The predicted molar refractivity (Wildman–Crippen MR) is 59.1 cm³/mol. The van der Waals surface area contributed by atoms with E-state index in [4.69, 9.17) is 10.8 Å². The summed E-state index contributed by atoms with van der Waals surface area (Å²) in [5, 5.41) is 11.7. The van der Waals surface area contributed by atoms with Crippen LogP contribution in [-0.2, 0) is 0 Å². The van der Waals surface area contributed by atoms with Crippen LogP contribution in [0, 0.1) is 4.91 Å². The molecule has 0 aliphatic carbocycles. The average Bonchev–Trinajstić information content (AvgIpc) is 2.44. The van der Waals surface area contributed by atoms with E-state index in [1.165, 1.54) is 0 Å². The average molecular weight is 231 g/mol. The minimum atomic E-state index is -0.389. The lowest BCUT2D eigenvalue weighted by molar-refractivity contribution is 0.112. The largest absolute Gasteiger partial charge is 0.492 e. The van der Waals surface area contributed by atoms with Gasteiger partial charge in [-0.3, -0.25) is 4.79 Å². The van der Waals surface area contributed by atoms with Gasteiger partial charge in [-0.2, -0.15) is 9.89 Å². The highest BCUT2D eigenvalue weighted by Crippen LogP contribution is 2.22. The highest BCUT2D eigenvalue weighted by Gasteiger charge is 2.06. The number of carbonyl (C=O) groups is 1. The number of hydrogen-bond acceptors (Lipinski definition) is 7. The van der Waals surface area contributed by atoms with Crippen LogP contribution in [0.1, 0.15) is 30.4 Å². The van der Waals surface area contributed by atoms with Crippen molar-refractivity contribution in [3.05, 3.63) is 9.78 Å². The van der Waals surface area contributed by atoms with Crippen LogP contribution in [0.3, 0.4) is 0 Å². The van der Waals surface area contributed by atoms with Crippen molar-refractivity contribution >= 4 is 22.8 Å². The summed E-state index contributed by atoms with van der Waals surface area (Å²) in [4.78, 5) is 23.1. The van der Waals surface area contributed by atoms with Gasteiger partial charge in [0.25, 0.3) is 0 Å². The standard InChI is InChI=1S/C4H4N2O2S.C4H9NO/c5-4-6-3(8)2(1-7)9-4;1-4(2,3)5-6/h1,8H,(H2,5,6);1-3H3. The maximum absolute atomic E-state index is 10.00. The van der Waals surface area contributed by atoms with Crippen LogP contribution < -0.4 is 5.73 Å². The van der Waals surface area contributed by atoms with Gasteiger partial charge in [0.1, 0.15) is 4.88 Å². The molecule has 0 saturated heterocycles. The fourth-order valence-electron chi connectivity index (χ4n) is 0.417. The molecule has 0 aromatic carbocycles. The zero-order chi connectivity index (χ0) is 12.1. The van der Waals surface area contributed by atoms with Gasteiger partial charge in [-0.1, -0.05) is 16.5 Å². The third-order valence-electron chi connectivity index (χ3n) is 1.03. The number of nitroso groups, excluding NO2 is 1. The van der Waals surface area contributed by atoms with Crippen LogP contribution in [0.4, 0.5) is 5.13 Å². The second-order valence-corrected chi connectivity index (χ2v) is 4.68. The number of nitrogen functional groups attached to an aromatic ring is 1. The maximum atomic E-state index is 10.00. The third-order valence-corrected chi connectivity index (χ3v) is 1.83. The van der Waals surface area contributed by atoms with Gasteiger partial charge in [0.2, 0.25) is 5.88 Å². The van der Waals surface area contributed by atoms with Crippen LogP contribution >= 0.6 is 11.3 Å². The Hall–Kier alpha value is -1.50. The van der Waals surface area contributed by atoms with Gasteiger partial charge in [0, 0.05) is 0 Å². The van der Waals surface area contributed by atoms with E-state index >= 15 is 0 Å². The fraction of sp³-hybridized carbons (Fsp3) is 0.500. The Morgan fingerprint density at radius 3 is 2.13 bits per heavy atom. The Labute approximate surface area is 91.1 Å². The second-order valence-electron chi connectivity index (χ2n) is 3.62. The smallest absolute Gasteiger partial charge is 0.234 e. The van der Waals surface area contributed by atoms with Gasteiger partial charge in [-0.25, -0.2) is 0 Å². The zero-order valence-corrected chi connectivity index (χ0v) is 9.54. The zero-order valence-electron chi connectivity index (χ0n) is 8.72. The summed E-state index contributed by atoms with van der Waals surface area (Å²) in [6.07, 6.45) is 0.517. The van der Waals surface area contributed by atoms with E-state index in [0.29, 0.717) is 6.29 Å². The molecule has 1 rings (SSSR count). The monoisotopic (exact) mass is 231 g/mol. The molecule has 1 aromatic heterocycles. The molecule has 0 bridgehead atoms. The van der Waals surface area contributed by atoms with Crippen molar-refractivity contribution in [3.8, 4) is 5.88 Å². The van der Waals surface area contributed by atoms with E-state index in [0.717, 1.165) is 11.3 Å². The Kier molecular flexibility index (Phi) is 4.86. The first-order valence-corrected chi connectivity index (χ1v) is 4.86. The van der Waals surface area contributed by atoms with E-state index in [1.807, 2.05) is 0 Å². The lowest BCUT2D eigenvalue weighted by Gasteiger charge is -2.01. The Balaban J connectivity index is 0.000000288. The van der Waals surface area contributed by atoms with Crippen molar-refractivity contribution in [2.45, 2.75) is 26.3 Å². The van der Waals surface area contributed by atoms with E-state index in [-0.39, 0.29) is 21.4 Å². The minimum Gasteiger partial charge on any atom is -0.492 e. The quantitative estimate of drug-likeness (QED) is 0.566. The number of nitrogens with zero attached hydrogens (tertiary/aromatic N) is 2. The van der Waals surface area contributed by atoms with E-state index < -0.39 is 0 Å². The molecule has 1 heterocycles. The predicted octanol–water partition coefficient (Wildman–Crippen LogP) is 1.79. The highest BCUT2D eigenvalue weighted by atomic mass is 32.1. The number of aromatic nitrogens is 1. The van der Waals surface area contributed by atoms with Gasteiger partial charge in [0.05, 0.1) is 5.54 Å². The van der Waals surface area contributed by atoms with Gasteiger partial charge >= 0.3 is 0 Å². The van der Waals surface area contributed by atoms with Crippen molar-refractivity contribution in [2.24, 2.45) is 5.18 Å². The summed E-state index contributed by atoms with van der Waals surface area (Å²) in [6.45, 7) is 5.29. The lowest BCUT2D eigenvalue weighted by atomic mass is 10.1. The number of rotatable bonds is 1. The summed E-state index contributed by atoms with van der Waals surface area (Å²) >= 11 is 0.963. The molecule has 0 saturated carbocycles. The number of hydrogen-bond donors (Lipinski definition) is 2. The van der Waals surface area contributed by atoms with Crippen molar-refractivity contribution in [1.82, 2.24) is 4.98 Å². The molecule has 0 amide bonds. The summed E-state index contributed by atoms with van der Waals surface area (Å²) in [7, 11) is 0. The van der Waals surface area contributed by atoms with Crippen LogP contribution in [0.5, 0.6) is 5.88 Å². The van der Waals surface area contributed by atoms with Gasteiger partial charge in [0.15, 0.2) is 11.4 Å². The summed E-state index contributed by atoms with van der Waals surface area (Å²) in [5.41, 5.74) is 4.75. The Morgan fingerprint density at radius 2 is 2.00 bits per heavy atom. The Morgan fingerprint density at radius 1 is 1.53 bits per heavy atom. The molecule has 0 radical (unpaired) electrons. The molecule has 0 aliphatic rings. The molecule has 0 atom stereocenters. The highest BCUT2D eigenvalue weighted by molar-refractivity contribution is 7.17. The summed E-state index contributed by atoms with van der Waals surface area (Å²) in [5.74, 6) is -0.285. The van der Waals surface area contributed by atoms with Gasteiger partial charge < -0.3 is 10.8 Å². The third kappa shape index (κ3) is 5.74. The van der Waals surface area contributed by atoms with Crippen molar-refractivity contribution < 1.29 is 9.90 Å². The van der Waals surface area contributed by atoms with Crippen LogP contribution in [0.15, 0.2) is 5.18 Å². The number of aromatic hydroxyl groups is 1. The van der Waals surface area contributed by atoms with Gasteiger partial charge in [-0.05, 0) is 20.8 Å².